The number of hydrogen-bond acceptors (Lipinski definition) is 2. The Bertz CT molecular complexity index is 53.7. The summed E-state index contributed by atoms with van der Waals surface area (Å²) >= 11 is 0. The molecule has 42 valence electrons. The summed E-state index contributed by atoms with van der Waals surface area (Å²) in [6, 6.07) is 0. The van der Waals surface area contributed by atoms with Crippen LogP contribution in [0.2, 0.25) is 0 Å². The average molecular weight is 138 g/mol. The van der Waals surface area contributed by atoms with E-state index in [0.29, 0.717) is 6.33 Å². The van der Waals surface area contributed by atoms with Gasteiger partial charge in [0.15, 0.2) is 0 Å². The molecule has 0 saturated carbocycles. The van der Waals surface area contributed by atoms with Crippen LogP contribution in [0, 0.1) is 0 Å². The van der Waals surface area contributed by atoms with Gasteiger partial charge in [0.05, 0.1) is 6.33 Å². The van der Waals surface area contributed by atoms with Crippen LogP contribution < -0.4 is 0 Å². The van der Waals surface area contributed by atoms with Gasteiger partial charge in [-0.2, -0.15) is 0 Å². The van der Waals surface area contributed by atoms with Crippen molar-refractivity contribution in [2.45, 2.75) is 6.92 Å². The lowest BCUT2D eigenvalue weighted by Crippen LogP contribution is -1.51. The Kier molecular flexibility index (Phi) is 6.71. The molecular weight excluding hydrogens is 131 g/mol. The number of rotatable bonds is 3. The Morgan fingerprint density at radius 2 is 2.43 bits per heavy atom. The highest BCUT2D eigenvalue weighted by Gasteiger charge is 1.74. The van der Waals surface area contributed by atoms with Gasteiger partial charge < -0.3 is 0 Å². The predicted molar refractivity (Wildman–Crippen MR) is 36.0 cm³/mol. The van der Waals surface area contributed by atoms with Crippen LogP contribution in [-0.4, -0.2) is 5.75 Å². The summed E-state index contributed by atoms with van der Waals surface area (Å²) in [6.45, 7) is 2.03. The molecule has 0 bridgehead atoms. The fourth-order valence-electron chi connectivity index (χ4n) is 0.128. The van der Waals surface area contributed by atoms with Crippen LogP contribution in [0.5, 0.6) is 0 Å². The smallest absolute Gasteiger partial charge is 0.0938 e. The minimum absolute atomic E-state index is 0.549. The van der Waals surface area contributed by atoms with Gasteiger partial charge in [0, 0.05) is 11.2 Å². The highest BCUT2D eigenvalue weighted by Crippen LogP contribution is 2.20. The molecule has 0 rings (SSSR count). The molecule has 7 heavy (non-hydrogen) atoms. The third-order valence-corrected chi connectivity index (χ3v) is 2.33. The Labute approximate surface area is 51.0 Å². The van der Waals surface area contributed by atoms with Crippen molar-refractivity contribution < 1.29 is 4.39 Å². The monoisotopic (exact) mass is 138 g/mol. The van der Waals surface area contributed by atoms with Gasteiger partial charge in [0.1, 0.15) is 0 Å². The largest absolute Gasteiger partial charge is 0.215 e. The van der Waals surface area contributed by atoms with Crippen molar-refractivity contribution in [2.75, 3.05) is 5.75 Å². The molecule has 0 heterocycles. The van der Waals surface area contributed by atoms with E-state index in [4.69, 9.17) is 0 Å². The van der Waals surface area contributed by atoms with Gasteiger partial charge in [0.2, 0.25) is 0 Å². The normalized spacial score (nSPS) is 10.6. The molecule has 0 amide bonds. The van der Waals surface area contributed by atoms with Crippen molar-refractivity contribution in [2.24, 2.45) is 0 Å². The zero-order chi connectivity index (χ0) is 5.54. The lowest BCUT2D eigenvalue weighted by atomic mass is 11.0. The zero-order valence-corrected chi connectivity index (χ0v) is 5.69. The van der Waals surface area contributed by atoms with Gasteiger partial charge in [0.25, 0.3) is 0 Å². The molecule has 3 heteroatoms. The van der Waals surface area contributed by atoms with Crippen molar-refractivity contribution in [3.63, 3.8) is 0 Å². The summed E-state index contributed by atoms with van der Waals surface area (Å²) in [7, 11) is 3.04. The van der Waals surface area contributed by atoms with Crippen molar-refractivity contribution in [3.8, 4) is 0 Å². The Hall–Kier alpha value is 0.370. The first-order valence-corrected chi connectivity index (χ1v) is 4.33. The highest BCUT2D eigenvalue weighted by molar-refractivity contribution is 8.77. The zero-order valence-electron chi connectivity index (χ0n) is 4.06. The molecule has 0 radical (unpaired) electrons. The molecule has 0 aliphatic heterocycles. The van der Waals surface area contributed by atoms with Gasteiger partial charge in [-0.05, 0) is 0 Å². The summed E-state index contributed by atoms with van der Waals surface area (Å²) in [5.41, 5.74) is 0. The summed E-state index contributed by atoms with van der Waals surface area (Å²) in [5, 5.41) is 1.42. The van der Waals surface area contributed by atoms with E-state index in [1.165, 1.54) is 16.2 Å². The van der Waals surface area contributed by atoms with Gasteiger partial charge in [-0.3, -0.25) is 0 Å². The van der Waals surface area contributed by atoms with Crippen LogP contribution in [0.4, 0.5) is 4.39 Å². The molecule has 0 saturated heterocycles. The Morgan fingerprint density at radius 3 is 2.86 bits per heavy atom. The first-order valence-electron chi connectivity index (χ1n) is 1.95. The van der Waals surface area contributed by atoms with Crippen LogP contribution >= 0.6 is 21.6 Å². The third-order valence-electron chi connectivity index (χ3n) is 0.293. The molecule has 0 aliphatic rings. The Balaban J connectivity index is 2.69. The van der Waals surface area contributed by atoms with E-state index in [-0.39, 0.29) is 0 Å². The Morgan fingerprint density at radius 1 is 1.71 bits per heavy atom. The van der Waals surface area contributed by atoms with E-state index in [1.54, 1.807) is 10.8 Å². The summed E-state index contributed by atoms with van der Waals surface area (Å²) in [5.74, 6) is 1.02. The third kappa shape index (κ3) is 6.37. The maximum Gasteiger partial charge on any atom is 0.0938 e. The number of hydrogen-bond donors (Lipinski definition) is 0. The van der Waals surface area contributed by atoms with Crippen LogP contribution in [-0.2, 0) is 0 Å². The molecule has 0 spiro atoms. The van der Waals surface area contributed by atoms with E-state index in [9.17, 15) is 4.39 Å². The van der Waals surface area contributed by atoms with Gasteiger partial charge in [-0.15, -0.1) is 0 Å². The second kappa shape index (κ2) is 6.37. The molecule has 0 atom stereocenters. The average Bonchev–Trinajstić information content (AvgIpc) is 1.69. The molecule has 0 unspecified atom stereocenters. The maximum atomic E-state index is 11.1. The van der Waals surface area contributed by atoms with Crippen LogP contribution in [0.15, 0.2) is 11.7 Å². The lowest BCUT2D eigenvalue weighted by Gasteiger charge is -1.82. The second-order valence-corrected chi connectivity index (χ2v) is 3.33. The predicted octanol–water partition coefficient (Wildman–Crippen LogP) is 2.83. The van der Waals surface area contributed by atoms with Gasteiger partial charge in [-0.25, -0.2) is 4.39 Å². The topological polar surface area (TPSA) is 0 Å². The first-order chi connectivity index (χ1) is 3.41. The van der Waals surface area contributed by atoms with Gasteiger partial charge in [-0.1, -0.05) is 28.5 Å². The number of halogens is 1. The first kappa shape index (κ1) is 7.37. The fraction of sp³-hybridized carbons (Fsp3) is 0.500. The van der Waals surface area contributed by atoms with Crippen molar-refractivity contribution in [3.05, 3.63) is 11.7 Å². The van der Waals surface area contributed by atoms with Crippen molar-refractivity contribution >= 4 is 21.6 Å². The molecule has 0 aromatic carbocycles. The lowest BCUT2D eigenvalue weighted by molar-refractivity contribution is 0.724. The van der Waals surface area contributed by atoms with E-state index < -0.39 is 0 Å². The molecule has 0 aromatic rings. The molecule has 0 fully saturated rings. The van der Waals surface area contributed by atoms with Crippen LogP contribution in [0.25, 0.3) is 0 Å². The van der Waals surface area contributed by atoms with Crippen LogP contribution in [0.1, 0.15) is 6.92 Å². The molecule has 0 N–H and O–H groups in total. The van der Waals surface area contributed by atoms with E-state index in [2.05, 4.69) is 0 Å². The summed E-state index contributed by atoms with van der Waals surface area (Å²) in [4.78, 5) is 0. The van der Waals surface area contributed by atoms with Crippen molar-refractivity contribution in [1.29, 1.82) is 0 Å². The minimum atomic E-state index is 0.549. The van der Waals surface area contributed by atoms with E-state index in [1.807, 2.05) is 6.92 Å². The molecule has 0 aliphatic carbocycles. The standard InChI is InChI=1S/C4H7FS2/c1-2-6-7-4-3-5/h3-4H,2H2,1H3. The quantitative estimate of drug-likeness (QED) is 0.434. The minimum Gasteiger partial charge on any atom is -0.215 e. The van der Waals surface area contributed by atoms with Gasteiger partial charge >= 0.3 is 0 Å². The molecule has 0 aromatic heterocycles. The van der Waals surface area contributed by atoms with E-state index in [0.717, 1.165) is 5.75 Å². The molecular formula is C4H7FS2. The SMILES string of the molecule is CCSSC=CF. The fourth-order valence-corrected chi connectivity index (χ4v) is 1.15. The maximum absolute atomic E-state index is 11.1. The second-order valence-electron chi connectivity index (χ2n) is 0.765. The van der Waals surface area contributed by atoms with Crippen LogP contribution in [0.3, 0.4) is 0 Å². The van der Waals surface area contributed by atoms with E-state index >= 15 is 0 Å². The summed E-state index contributed by atoms with van der Waals surface area (Å²) in [6.07, 6.45) is 0.549. The highest BCUT2D eigenvalue weighted by atomic mass is 33.1. The summed E-state index contributed by atoms with van der Waals surface area (Å²) < 4.78 is 11.1. The van der Waals surface area contributed by atoms with Crippen molar-refractivity contribution in [1.82, 2.24) is 0 Å². The molecule has 0 nitrogen and oxygen atoms in total.